The second-order valence-corrected chi connectivity index (χ2v) is 6.60. The molecule has 1 aliphatic heterocycles. The molecule has 3 rings (SSSR count). The summed E-state index contributed by atoms with van der Waals surface area (Å²) in [5, 5.41) is 0. The molecule has 4 nitrogen and oxygen atoms in total. The highest BCUT2D eigenvalue weighted by atomic mass is 32.2. The maximum absolute atomic E-state index is 13.5. The molecule has 0 aromatic heterocycles. The van der Waals surface area contributed by atoms with Gasteiger partial charge >= 0.3 is 0 Å². The fourth-order valence-corrected chi connectivity index (χ4v) is 3.60. The third kappa shape index (κ3) is 2.38. The Bertz CT molecular complexity index is 844. The van der Waals surface area contributed by atoms with Gasteiger partial charge in [-0.15, -0.1) is 0 Å². The van der Waals surface area contributed by atoms with Gasteiger partial charge in [0.05, 0.1) is 9.80 Å². The molecule has 0 unspecified atom stereocenters. The van der Waals surface area contributed by atoms with Gasteiger partial charge in [-0.2, -0.15) is 0 Å². The Labute approximate surface area is 121 Å². The monoisotopic (exact) mass is 305 g/mol. The Morgan fingerprint density at radius 1 is 1.14 bits per heavy atom. The zero-order valence-corrected chi connectivity index (χ0v) is 11.7. The smallest absolute Gasteiger partial charge is 0.206 e. The summed E-state index contributed by atoms with van der Waals surface area (Å²) in [6, 6.07) is 10.4. The molecule has 2 N–H and O–H groups in total. The average Bonchev–Trinajstić information content (AvgIpc) is 2.68. The molecule has 0 saturated heterocycles. The van der Waals surface area contributed by atoms with Gasteiger partial charge in [0.1, 0.15) is 6.61 Å². The maximum Gasteiger partial charge on any atom is 0.206 e. The lowest BCUT2D eigenvalue weighted by Gasteiger charge is -2.08. The summed E-state index contributed by atoms with van der Waals surface area (Å²) in [7, 11) is -3.59. The normalized spacial score (nSPS) is 15.4. The van der Waals surface area contributed by atoms with Gasteiger partial charge in [-0.25, -0.2) is 12.8 Å². The molecular weight excluding hydrogens is 293 g/mol. The predicted octanol–water partition coefficient (Wildman–Crippen LogP) is 2.62. The van der Waals surface area contributed by atoms with Crippen molar-refractivity contribution in [1.82, 2.24) is 0 Å². The predicted molar refractivity (Wildman–Crippen MR) is 77.9 cm³/mol. The molecule has 1 aliphatic rings. The fourth-order valence-electron chi connectivity index (χ4n) is 2.15. The number of hydrogen-bond donors (Lipinski definition) is 1. The van der Waals surface area contributed by atoms with E-state index in [1.54, 1.807) is 12.1 Å². The Morgan fingerprint density at radius 3 is 2.67 bits per heavy atom. The van der Waals surface area contributed by atoms with Crippen LogP contribution in [0.5, 0.6) is 5.75 Å². The van der Waals surface area contributed by atoms with Crippen molar-refractivity contribution in [3.05, 3.63) is 58.8 Å². The van der Waals surface area contributed by atoms with Gasteiger partial charge in [-0.3, -0.25) is 0 Å². The van der Waals surface area contributed by atoms with Gasteiger partial charge < -0.3 is 10.5 Å². The van der Waals surface area contributed by atoms with Gasteiger partial charge in [0.2, 0.25) is 9.84 Å². The van der Waals surface area contributed by atoms with Crippen LogP contribution >= 0.6 is 0 Å². The van der Waals surface area contributed by atoms with Gasteiger partial charge in [0.25, 0.3) is 0 Å². The van der Waals surface area contributed by atoms with Crippen LogP contribution in [0.1, 0.15) is 5.56 Å². The number of anilines is 1. The summed E-state index contributed by atoms with van der Waals surface area (Å²) >= 11 is 0. The summed E-state index contributed by atoms with van der Waals surface area (Å²) in [4.78, 5) is 0.287. The highest BCUT2D eigenvalue weighted by molar-refractivity contribution is 7.95. The van der Waals surface area contributed by atoms with Crippen molar-refractivity contribution >= 4 is 21.6 Å². The van der Waals surface area contributed by atoms with E-state index in [1.807, 2.05) is 0 Å². The SMILES string of the molecule is Nc1ccc2c(c1)C=C(COc1ccccc1F)S2(=O)=O. The van der Waals surface area contributed by atoms with E-state index in [1.165, 1.54) is 36.4 Å². The van der Waals surface area contributed by atoms with Crippen LogP contribution in [-0.4, -0.2) is 15.0 Å². The number of nitrogens with two attached hydrogens (primary N) is 1. The molecule has 0 spiro atoms. The van der Waals surface area contributed by atoms with Gasteiger partial charge in [0, 0.05) is 5.69 Å². The quantitative estimate of drug-likeness (QED) is 0.885. The minimum absolute atomic E-state index is 0.0177. The molecule has 0 saturated carbocycles. The highest BCUT2D eigenvalue weighted by Gasteiger charge is 2.30. The second-order valence-electron chi connectivity index (χ2n) is 4.63. The first kappa shape index (κ1) is 13.6. The van der Waals surface area contributed by atoms with Gasteiger partial charge in [0.15, 0.2) is 11.6 Å². The second kappa shape index (κ2) is 4.89. The first-order chi connectivity index (χ1) is 9.98. The van der Waals surface area contributed by atoms with E-state index in [4.69, 9.17) is 10.5 Å². The van der Waals surface area contributed by atoms with E-state index in [2.05, 4.69) is 0 Å². The number of para-hydroxylation sites is 1. The van der Waals surface area contributed by atoms with E-state index in [0.29, 0.717) is 11.3 Å². The van der Waals surface area contributed by atoms with Crippen molar-refractivity contribution in [2.45, 2.75) is 4.90 Å². The van der Waals surface area contributed by atoms with Crippen LogP contribution in [-0.2, 0) is 9.84 Å². The van der Waals surface area contributed by atoms with Crippen molar-refractivity contribution in [3.63, 3.8) is 0 Å². The zero-order chi connectivity index (χ0) is 15.0. The average molecular weight is 305 g/mol. The van der Waals surface area contributed by atoms with E-state index in [-0.39, 0.29) is 22.2 Å². The van der Waals surface area contributed by atoms with Gasteiger partial charge in [-0.05, 0) is 42.0 Å². The Kier molecular flexibility index (Phi) is 3.17. The molecule has 0 fully saturated rings. The fraction of sp³-hybridized carbons (Fsp3) is 0.0667. The Morgan fingerprint density at radius 2 is 1.90 bits per heavy atom. The Balaban J connectivity index is 1.88. The standard InChI is InChI=1S/C15H12FNO3S/c16-13-3-1-2-4-14(13)20-9-12-8-10-7-11(17)5-6-15(10)21(12,18)19/h1-8H,9,17H2. The van der Waals surface area contributed by atoms with Crippen LogP contribution in [0.15, 0.2) is 52.3 Å². The number of hydrogen-bond acceptors (Lipinski definition) is 4. The van der Waals surface area contributed by atoms with Crippen molar-refractivity contribution in [1.29, 1.82) is 0 Å². The Hall–Kier alpha value is -2.34. The molecule has 0 amide bonds. The molecule has 0 bridgehead atoms. The summed E-state index contributed by atoms with van der Waals surface area (Å²) < 4.78 is 43.4. The molecule has 2 aromatic carbocycles. The number of sulfone groups is 1. The zero-order valence-electron chi connectivity index (χ0n) is 10.9. The lowest BCUT2D eigenvalue weighted by Crippen LogP contribution is -2.09. The van der Waals surface area contributed by atoms with E-state index >= 15 is 0 Å². The lowest BCUT2D eigenvalue weighted by atomic mass is 10.2. The third-order valence-corrected chi connectivity index (χ3v) is 5.07. The minimum Gasteiger partial charge on any atom is -0.485 e. The highest BCUT2D eigenvalue weighted by Crippen LogP contribution is 2.34. The first-order valence-corrected chi connectivity index (χ1v) is 7.69. The largest absolute Gasteiger partial charge is 0.485 e. The molecule has 0 aliphatic carbocycles. The van der Waals surface area contributed by atoms with Crippen LogP contribution in [0.3, 0.4) is 0 Å². The van der Waals surface area contributed by atoms with Crippen molar-refractivity contribution in [2.75, 3.05) is 12.3 Å². The summed E-state index contributed by atoms with van der Waals surface area (Å²) in [6.45, 7) is -0.224. The molecular formula is C15H12FNO3S. The van der Waals surface area contributed by atoms with Crippen LogP contribution in [0.4, 0.5) is 10.1 Å². The molecule has 2 aromatic rings. The number of halogens is 1. The van der Waals surface area contributed by atoms with E-state index < -0.39 is 15.7 Å². The number of fused-ring (bicyclic) bond motifs is 1. The molecule has 6 heteroatoms. The molecule has 1 heterocycles. The summed E-state index contributed by atoms with van der Waals surface area (Å²) in [5.74, 6) is -0.515. The van der Waals surface area contributed by atoms with E-state index in [0.717, 1.165) is 0 Å². The van der Waals surface area contributed by atoms with Crippen LogP contribution < -0.4 is 10.5 Å². The number of benzene rings is 2. The lowest BCUT2D eigenvalue weighted by molar-refractivity contribution is 0.338. The van der Waals surface area contributed by atoms with E-state index in [9.17, 15) is 12.8 Å². The summed E-state index contributed by atoms with van der Waals surface area (Å²) in [6.07, 6.45) is 1.50. The number of ether oxygens (including phenoxy) is 1. The molecule has 0 radical (unpaired) electrons. The van der Waals surface area contributed by atoms with Crippen LogP contribution in [0, 0.1) is 5.82 Å². The number of rotatable bonds is 3. The van der Waals surface area contributed by atoms with Crippen LogP contribution in [0.2, 0.25) is 0 Å². The topological polar surface area (TPSA) is 69.4 Å². The van der Waals surface area contributed by atoms with Crippen molar-refractivity contribution in [2.24, 2.45) is 0 Å². The molecule has 108 valence electrons. The molecule has 21 heavy (non-hydrogen) atoms. The van der Waals surface area contributed by atoms with Crippen molar-refractivity contribution < 1.29 is 17.5 Å². The van der Waals surface area contributed by atoms with Gasteiger partial charge in [-0.1, -0.05) is 12.1 Å². The van der Waals surface area contributed by atoms with Crippen LogP contribution in [0.25, 0.3) is 6.08 Å². The first-order valence-electron chi connectivity index (χ1n) is 6.21. The maximum atomic E-state index is 13.5. The molecule has 0 atom stereocenters. The third-order valence-electron chi connectivity index (χ3n) is 3.19. The van der Waals surface area contributed by atoms with Crippen molar-refractivity contribution in [3.8, 4) is 5.75 Å². The number of nitrogen functional groups attached to an aromatic ring is 1. The minimum atomic E-state index is -3.59. The summed E-state index contributed by atoms with van der Waals surface area (Å²) in [5.41, 5.74) is 6.66.